The van der Waals surface area contributed by atoms with Crippen molar-refractivity contribution in [1.29, 1.82) is 0 Å². The van der Waals surface area contributed by atoms with E-state index in [4.69, 9.17) is 4.74 Å². The molecule has 1 rings (SSSR count). The fraction of sp³-hybridized carbons (Fsp3) is 0.923. The Morgan fingerprint density at radius 1 is 1.44 bits per heavy atom. The zero-order valence-electron chi connectivity index (χ0n) is 11.2. The third-order valence-corrected chi connectivity index (χ3v) is 2.75. The largest absolute Gasteiger partial charge is 0.444 e. The Balaban J connectivity index is 2.54. The SMILES string of the molecule is CC(C)CC1CCCN1C(=O)OC(C)(C)C. The number of ether oxygens (including phenoxy) is 1. The summed E-state index contributed by atoms with van der Waals surface area (Å²) in [7, 11) is 0. The van der Waals surface area contributed by atoms with E-state index >= 15 is 0 Å². The maximum Gasteiger partial charge on any atom is 0.410 e. The lowest BCUT2D eigenvalue weighted by Crippen LogP contribution is -2.40. The number of rotatable bonds is 2. The summed E-state index contributed by atoms with van der Waals surface area (Å²) in [4.78, 5) is 13.9. The average Bonchev–Trinajstić information content (AvgIpc) is 2.47. The summed E-state index contributed by atoms with van der Waals surface area (Å²) in [6.07, 6.45) is 3.17. The van der Waals surface area contributed by atoms with Gasteiger partial charge in [-0.25, -0.2) is 4.79 Å². The van der Waals surface area contributed by atoms with E-state index in [1.807, 2.05) is 25.7 Å². The van der Waals surface area contributed by atoms with Gasteiger partial charge in [0.15, 0.2) is 0 Å². The summed E-state index contributed by atoms with van der Waals surface area (Å²) in [5.74, 6) is 0.632. The third kappa shape index (κ3) is 4.03. The zero-order valence-corrected chi connectivity index (χ0v) is 11.2. The molecule has 1 unspecified atom stereocenters. The molecule has 1 heterocycles. The van der Waals surface area contributed by atoms with Gasteiger partial charge in [0.05, 0.1) is 0 Å². The molecule has 94 valence electrons. The van der Waals surface area contributed by atoms with Gasteiger partial charge in [0.1, 0.15) is 5.60 Å². The van der Waals surface area contributed by atoms with E-state index in [2.05, 4.69) is 13.8 Å². The van der Waals surface area contributed by atoms with E-state index in [0.717, 1.165) is 25.8 Å². The molecule has 1 aliphatic heterocycles. The van der Waals surface area contributed by atoms with Crippen molar-refractivity contribution in [2.45, 2.75) is 65.5 Å². The zero-order chi connectivity index (χ0) is 12.3. The summed E-state index contributed by atoms with van der Waals surface area (Å²) >= 11 is 0. The Hall–Kier alpha value is -0.730. The van der Waals surface area contributed by atoms with Crippen LogP contribution in [-0.2, 0) is 4.74 Å². The van der Waals surface area contributed by atoms with Crippen molar-refractivity contribution in [3.8, 4) is 0 Å². The molecule has 1 fully saturated rings. The molecule has 3 nitrogen and oxygen atoms in total. The maximum atomic E-state index is 12.0. The van der Waals surface area contributed by atoms with E-state index < -0.39 is 0 Å². The van der Waals surface area contributed by atoms with Crippen LogP contribution in [0.25, 0.3) is 0 Å². The fourth-order valence-corrected chi connectivity index (χ4v) is 2.19. The van der Waals surface area contributed by atoms with Crippen LogP contribution in [0, 0.1) is 5.92 Å². The first-order valence-corrected chi connectivity index (χ1v) is 6.29. The Morgan fingerprint density at radius 3 is 2.56 bits per heavy atom. The molecule has 3 heteroatoms. The summed E-state index contributed by atoms with van der Waals surface area (Å²) < 4.78 is 5.42. The molecule has 0 aliphatic carbocycles. The number of nitrogens with zero attached hydrogens (tertiary/aromatic N) is 1. The lowest BCUT2D eigenvalue weighted by Gasteiger charge is -2.29. The lowest BCUT2D eigenvalue weighted by atomic mass is 10.0. The van der Waals surface area contributed by atoms with Crippen LogP contribution in [0.15, 0.2) is 0 Å². The van der Waals surface area contributed by atoms with Crippen molar-refractivity contribution < 1.29 is 9.53 Å². The Kier molecular flexibility index (Phi) is 4.22. The van der Waals surface area contributed by atoms with Gasteiger partial charge in [0.2, 0.25) is 0 Å². The van der Waals surface area contributed by atoms with Crippen molar-refractivity contribution in [2.24, 2.45) is 5.92 Å². The van der Waals surface area contributed by atoms with Gasteiger partial charge in [0, 0.05) is 12.6 Å². The Bertz CT molecular complexity index is 243. The quantitative estimate of drug-likeness (QED) is 0.723. The van der Waals surface area contributed by atoms with Gasteiger partial charge in [-0.3, -0.25) is 0 Å². The highest BCUT2D eigenvalue weighted by Crippen LogP contribution is 2.25. The van der Waals surface area contributed by atoms with Crippen LogP contribution in [0.1, 0.15) is 53.9 Å². The molecule has 0 bridgehead atoms. The van der Waals surface area contributed by atoms with E-state index in [1.165, 1.54) is 0 Å². The minimum absolute atomic E-state index is 0.143. The summed E-state index contributed by atoms with van der Waals surface area (Å²) in [5.41, 5.74) is -0.387. The van der Waals surface area contributed by atoms with Gasteiger partial charge in [-0.05, 0) is 46.0 Å². The molecule has 1 aliphatic rings. The summed E-state index contributed by atoms with van der Waals surface area (Å²) in [6.45, 7) is 11.0. The smallest absolute Gasteiger partial charge is 0.410 e. The minimum Gasteiger partial charge on any atom is -0.444 e. The highest BCUT2D eigenvalue weighted by atomic mass is 16.6. The number of likely N-dealkylation sites (tertiary alicyclic amines) is 1. The molecule has 0 aromatic rings. The monoisotopic (exact) mass is 227 g/mol. The molecule has 0 N–H and O–H groups in total. The second kappa shape index (κ2) is 5.07. The minimum atomic E-state index is -0.387. The number of carbonyl (C=O) groups excluding carboxylic acids is 1. The van der Waals surface area contributed by atoms with Crippen molar-refractivity contribution >= 4 is 6.09 Å². The molecule has 0 aromatic heterocycles. The molecule has 1 saturated heterocycles. The fourth-order valence-electron chi connectivity index (χ4n) is 2.19. The molecule has 1 amide bonds. The topological polar surface area (TPSA) is 29.5 Å². The number of carbonyl (C=O) groups is 1. The summed E-state index contributed by atoms with van der Waals surface area (Å²) in [5, 5.41) is 0. The van der Waals surface area contributed by atoms with Crippen molar-refractivity contribution in [3.63, 3.8) is 0 Å². The second-order valence-electron chi connectivity index (χ2n) is 6.10. The first-order valence-electron chi connectivity index (χ1n) is 6.29. The van der Waals surface area contributed by atoms with Gasteiger partial charge in [-0.1, -0.05) is 13.8 Å². The normalized spacial score (nSPS) is 21.6. The lowest BCUT2D eigenvalue weighted by molar-refractivity contribution is 0.0212. The number of amides is 1. The number of hydrogen-bond donors (Lipinski definition) is 0. The first kappa shape index (κ1) is 13.3. The van der Waals surface area contributed by atoms with E-state index in [1.54, 1.807) is 0 Å². The highest BCUT2D eigenvalue weighted by molar-refractivity contribution is 5.68. The van der Waals surface area contributed by atoms with Crippen LogP contribution < -0.4 is 0 Å². The van der Waals surface area contributed by atoms with Gasteiger partial charge in [-0.15, -0.1) is 0 Å². The van der Waals surface area contributed by atoms with Crippen LogP contribution >= 0.6 is 0 Å². The van der Waals surface area contributed by atoms with Gasteiger partial charge >= 0.3 is 6.09 Å². The second-order valence-corrected chi connectivity index (χ2v) is 6.10. The molecule has 0 aromatic carbocycles. The molecule has 0 saturated carbocycles. The van der Waals surface area contributed by atoms with E-state index in [0.29, 0.717) is 12.0 Å². The van der Waals surface area contributed by atoms with Crippen LogP contribution in [0.2, 0.25) is 0 Å². The van der Waals surface area contributed by atoms with Crippen molar-refractivity contribution in [1.82, 2.24) is 4.90 Å². The van der Waals surface area contributed by atoms with Crippen molar-refractivity contribution in [3.05, 3.63) is 0 Å². The van der Waals surface area contributed by atoms with Gasteiger partial charge in [0.25, 0.3) is 0 Å². The standard InChI is InChI=1S/C13H25NO2/c1-10(2)9-11-7-6-8-14(11)12(15)16-13(3,4)5/h10-11H,6-9H2,1-5H3. The predicted molar refractivity (Wildman–Crippen MR) is 65.4 cm³/mol. The maximum absolute atomic E-state index is 12.0. The molecule has 1 atom stereocenters. The van der Waals surface area contributed by atoms with Crippen molar-refractivity contribution in [2.75, 3.05) is 6.54 Å². The predicted octanol–water partition coefficient (Wildman–Crippen LogP) is 3.43. The number of hydrogen-bond acceptors (Lipinski definition) is 2. The average molecular weight is 227 g/mol. The van der Waals surface area contributed by atoms with Crippen LogP contribution in [-0.4, -0.2) is 29.2 Å². The van der Waals surface area contributed by atoms with Gasteiger partial charge in [-0.2, -0.15) is 0 Å². The molecular formula is C13H25NO2. The van der Waals surface area contributed by atoms with Crippen LogP contribution in [0.3, 0.4) is 0 Å². The summed E-state index contributed by atoms with van der Waals surface area (Å²) in [6, 6.07) is 0.384. The molecule has 0 spiro atoms. The molecular weight excluding hydrogens is 202 g/mol. The van der Waals surface area contributed by atoms with Gasteiger partial charge < -0.3 is 9.64 Å². The Morgan fingerprint density at radius 2 is 2.06 bits per heavy atom. The Labute approximate surface area is 99.1 Å². The molecule has 16 heavy (non-hydrogen) atoms. The van der Waals surface area contributed by atoms with E-state index in [9.17, 15) is 4.79 Å². The third-order valence-electron chi connectivity index (χ3n) is 2.75. The van der Waals surface area contributed by atoms with Crippen LogP contribution in [0.4, 0.5) is 4.79 Å². The first-order chi connectivity index (χ1) is 7.29. The van der Waals surface area contributed by atoms with E-state index in [-0.39, 0.29) is 11.7 Å². The highest BCUT2D eigenvalue weighted by Gasteiger charge is 2.32. The van der Waals surface area contributed by atoms with Crippen LogP contribution in [0.5, 0.6) is 0 Å². The molecule has 0 radical (unpaired) electrons.